The van der Waals surface area contributed by atoms with E-state index < -0.39 is 6.61 Å². The highest BCUT2D eigenvalue weighted by Crippen LogP contribution is 2.32. The van der Waals surface area contributed by atoms with Gasteiger partial charge in [-0.15, -0.1) is 24.0 Å². The Morgan fingerprint density at radius 3 is 2.67 bits per heavy atom. The lowest BCUT2D eigenvalue weighted by atomic mass is 10.1. The highest BCUT2D eigenvalue weighted by molar-refractivity contribution is 14.0. The number of methoxy groups -OCH3 is 1. The van der Waals surface area contributed by atoms with Crippen molar-refractivity contribution in [1.29, 1.82) is 0 Å². The molecule has 2 aromatic carbocycles. The van der Waals surface area contributed by atoms with E-state index in [1.807, 2.05) is 18.2 Å². The van der Waals surface area contributed by atoms with Gasteiger partial charge in [-0.3, -0.25) is 4.99 Å². The molecule has 0 aromatic heterocycles. The molecule has 1 heterocycles. The van der Waals surface area contributed by atoms with Crippen molar-refractivity contribution in [3.63, 3.8) is 0 Å². The fourth-order valence-electron chi connectivity index (χ4n) is 2.85. The van der Waals surface area contributed by atoms with Gasteiger partial charge in [-0.1, -0.05) is 6.07 Å². The minimum Gasteiger partial charge on any atom is -0.497 e. The van der Waals surface area contributed by atoms with Crippen LogP contribution in [0.15, 0.2) is 41.4 Å². The van der Waals surface area contributed by atoms with Gasteiger partial charge in [0.15, 0.2) is 17.5 Å². The van der Waals surface area contributed by atoms with Crippen molar-refractivity contribution in [2.75, 3.05) is 27.5 Å². The first-order valence-electron chi connectivity index (χ1n) is 9.04. The molecule has 2 N–H and O–H groups in total. The van der Waals surface area contributed by atoms with E-state index in [4.69, 9.17) is 14.2 Å². The third-order valence-electron chi connectivity index (χ3n) is 4.30. The Kier molecular flexibility index (Phi) is 9.21. The van der Waals surface area contributed by atoms with Crippen LogP contribution in [-0.2, 0) is 13.0 Å². The lowest BCUT2D eigenvalue weighted by molar-refractivity contribution is -0.0505. The first-order chi connectivity index (χ1) is 14.1. The zero-order chi connectivity index (χ0) is 20.6. The molecule has 0 saturated heterocycles. The van der Waals surface area contributed by atoms with E-state index in [-0.39, 0.29) is 43.1 Å². The maximum atomic E-state index is 12.6. The van der Waals surface area contributed by atoms with Crippen LogP contribution in [0.3, 0.4) is 0 Å². The summed E-state index contributed by atoms with van der Waals surface area (Å²) in [5.74, 6) is 2.67. The van der Waals surface area contributed by atoms with Crippen LogP contribution >= 0.6 is 24.0 Å². The number of rotatable bonds is 8. The predicted octanol–water partition coefficient (Wildman–Crippen LogP) is 3.55. The van der Waals surface area contributed by atoms with E-state index in [2.05, 4.69) is 20.4 Å². The van der Waals surface area contributed by atoms with Gasteiger partial charge in [-0.2, -0.15) is 8.78 Å². The molecule has 0 spiro atoms. The maximum absolute atomic E-state index is 12.6. The molecule has 1 aliphatic rings. The Bertz CT molecular complexity index is 868. The van der Waals surface area contributed by atoms with E-state index in [1.165, 1.54) is 13.2 Å². The van der Waals surface area contributed by atoms with Crippen LogP contribution in [0, 0.1) is 0 Å². The van der Waals surface area contributed by atoms with Gasteiger partial charge in [-0.25, -0.2) is 0 Å². The average Bonchev–Trinajstić information content (AvgIpc) is 3.19. The molecule has 3 rings (SSSR count). The standard InChI is InChI=1S/C20H23F2N3O4.HI/c1-23-20(24-8-7-13-3-5-17-18(9-13)28-12-27-17)25-11-14-10-15(26-2)4-6-16(14)29-19(21)22;/h3-6,9-10,19H,7-8,11-12H2,1-2H3,(H2,23,24,25);1H. The van der Waals surface area contributed by atoms with E-state index in [0.29, 0.717) is 23.8 Å². The van der Waals surface area contributed by atoms with E-state index in [9.17, 15) is 8.78 Å². The SMILES string of the molecule is CN=C(NCCc1ccc2c(c1)OCO2)NCc1cc(OC)ccc1OC(F)F.I. The summed E-state index contributed by atoms with van der Waals surface area (Å²) in [4.78, 5) is 4.15. The zero-order valence-electron chi connectivity index (χ0n) is 16.6. The summed E-state index contributed by atoms with van der Waals surface area (Å²) >= 11 is 0. The third-order valence-corrected chi connectivity index (χ3v) is 4.30. The Morgan fingerprint density at radius 1 is 1.13 bits per heavy atom. The van der Waals surface area contributed by atoms with Crippen LogP contribution in [0.5, 0.6) is 23.0 Å². The van der Waals surface area contributed by atoms with Gasteiger partial charge in [0.2, 0.25) is 6.79 Å². The van der Waals surface area contributed by atoms with Crippen molar-refractivity contribution in [3.05, 3.63) is 47.5 Å². The van der Waals surface area contributed by atoms with Gasteiger partial charge >= 0.3 is 6.61 Å². The Morgan fingerprint density at radius 2 is 1.93 bits per heavy atom. The lowest BCUT2D eigenvalue weighted by Gasteiger charge is -2.15. The van der Waals surface area contributed by atoms with Crippen molar-refractivity contribution in [2.24, 2.45) is 4.99 Å². The summed E-state index contributed by atoms with van der Waals surface area (Å²) in [5.41, 5.74) is 1.63. The first-order valence-corrected chi connectivity index (χ1v) is 9.04. The fraction of sp³-hybridized carbons (Fsp3) is 0.350. The van der Waals surface area contributed by atoms with Gasteiger partial charge in [0.05, 0.1) is 7.11 Å². The molecule has 0 fully saturated rings. The monoisotopic (exact) mass is 535 g/mol. The molecule has 0 unspecified atom stereocenters. The summed E-state index contributed by atoms with van der Waals surface area (Å²) in [6.07, 6.45) is 0.746. The molecule has 7 nitrogen and oxygen atoms in total. The summed E-state index contributed by atoms with van der Waals surface area (Å²) < 4.78 is 45.7. The molecule has 0 aliphatic carbocycles. The Hall–Kier alpha value is -2.50. The highest BCUT2D eigenvalue weighted by Gasteiger charge is 2.14. The van der Waals surface area contributed by atoms with Crippen molar-refractivity contribution >= 4 is 29.9 Å². The molecule has 1 aliphatic heterocycles. The smallest absolute Gasteiger partial charge is 0.387 e. The number of ether oxygens (including phenoxy) is 4. The minimum atomic E-state index is -2.90. The molecule has 30 heavy (non-hydrogen) atoms. The zero-order valence-corrected chi connectivity index (χ0v) is 18.9. The number of fused-ring (bicyclic) bond motifs is 1. The Labute approximate surface area is 190 Å². The summed E-state index contributed by atoms with van der Waals surface area (Å²) in [6, 6.07) is 10.5. The molecule has 0 atom stereocenters. The number of aliphatic imine (C=N–C) groups is 1. The fourth-order valence-corrected chi connectivity index (χ4v) is 2.85. The van der Waals surface area contributed by atoms with Crippen LogP contribution < -0.4 is 29.6 Å². The number of benzene rings is 2. The van der Waals surface area contributed by atoms with Crippen LogP contribution in [0.25, 0.3) is 0 Å². The number of guanidine groups is 1. The second kappa shape index (κ2) is 11.6. The number of nitrogens with one attached hydrogen (secondary N) is 2. The second-order valence-electron chi connectivity index (χ2n) is 6.14. The predicted molar refractivity (Wildman–Crippen MR) is 120 cm³/mol. The molecule has 2 aromatic rings. The van der Waals surface area contributed by atoms with E-state index in [0.717, 1.165) is 23.5 Å². The maximum Gasteiger partial charge on any atom is 0.387 e. The normalized spacial score (nSPS) is 12.4. The van der Waals surface area contributed by atoms with Gasteiger partial charge in [0.1, 0.15) is 11.5 Å². The van der Waals surface area contributed by atoms with E-state index in [1.54, 1.807) is 19.2 Å². The van der Waals surface area contributed by atoms with Crippen LogP contribution in [0.1, 0.15) is 11.1 Å². The molecule has 10 heteroatoms. The van der Waals surface area contributed by atoms with Crippen molar-refractivity contribution in [1.82, 2.24) is 10.6 Å². The van der Waals surface area contributed by atoms with Gasteiger partial charge in [-0.05, 0) is 42.3 Å². The van der Waals surface area contributed by atoms with Crippen molar-refractivity contribution in [3.8, 4) is 23.0 Å². The molecule has 0 amide bonds. The topological polar surface area (TPSA) is 73.3 Å². The highest BCUT2D eigenvalue weighted by atomic mass is 127. The van der Waals surface area contributed by atoms with Gasteiger partial charge < -0.3 is 29.6 Å². The molecule has 0 radical (unpaired) electrons. The van der Waals surface area contributed by atoms with Crippen molar-refractivity contribution < 1.29 is 27.7 Å². The molecule has 0 saturated carbocycles. The number of nitrogens with zero attached hydrogens (tertiary/aromatic N) is 1. The first kappa shape index (κ1) is 23.8. The lowest BCUT2D eigenvalue weighted by Crippen LogP contribution is -2.38. The number of hydrogen-bond acceptors (Lipinski definition) is 5. The minimum absolute atomic E-state index is 0. The summed E-state index contributed by atoms with van der Waals surface area (Å²) in [6.45, 7) is -1.79. The summed E-state index contributed by atoms with van der Waals surface area (Å²) in [5, 5.41) is 6.28. The molecular weight excluding hydrogens is 511 g/mol. The Balaban J connectivity index is 0.00000320. The number of alkyl halides is 2. The summed E-state index contributed by atoms with van der Waals surface area (Å²) in [7, 11) is 3.15. The largest absolute Gasteiger partial charge is 0.497 e. The molecule has 0 bridgehead atoms. The van der Waals surface area contributed by atoms with Gasteiger partial charge in [0.25, 0.3) is 0 Å². The van der Waals surface area contributed by atoms with Gasteiger partial charge in [0, 0.05) is 25.7 Å². The quantitative estimate of drug-likeness (QED) is 0.306. The second-order valence-corrected chi connectivity index (χ2v) is 6.14. The average molecular weight is 535 g/mol. The van der Waals surface area contributed by atoms with E-state index >= 15 is 0 Å². The van der Waals surface area contributed by atoms with Crippen LogP contribution in [0.4, 0.5) is 8.78 Å². The number of hydrogen-bond donors (Lipinski definition) is 2. The van der Waals surface area contributed by atoms with Crippen LogP contribution in [-0.4, -0.2) is 40.1 Å². The van der Waals surface area contributed by atoms with Crippen LogP contribution in [0.2, 0.25) is 0 Å². The number of halogens is 3. The van der Waals surface area contributed by atoms with Crippen molar-refractivity contribution in [2.45, 2.75) is 19.6 Å². The third kappa shape index (κ3) is 6.51. The molecule has 164 valence electrons. The molecular formula is C20H24F2IN3O4.